The van der Waals surface area contributed by atoms with Crippen LogP contribution in [0.5, 0.6) is 0 Å². The molecule has 4 heteroatoms. The summed E-state index contributed by atoms with van der Waals surface area (Å²) in [5.41, 5.74) is 0.594. The summed E-state index contributed by atoms with van der Waals surface area (Å²) in [7, 11) is 0. The van der Waals surface area contributed by atoms with Gasteiger partial charge in [0.25, 0.3) is 0 Å². The Morgan fingerprint density at radius 3 is 2.35 bits per heavy atom. The summed E-state index contributed by atoms with van der Waals surface area (Å²) >= 11 is 2.00. The molecule has 2 aliphatic carbocycles. The van der Waals surface area contributed by atoms with E-state index in [1.807, 2.05) is 11.8 Å². The average molecular weight is 296 g/mol. The quantitative estimate of drug-likeness (QED) is 0.778. The predicted molar refractivity (Wildman–Crippen MR) is 85.0 cm³/mol. The van der Waals surface area contributed by atoms with Crippen molar-refractivity contribution in [2.45, 2.75) is 32.6 Å². The normalized spacial score (nSPS) is 32.8. The molecule has 3 fully saturated rings. The van der Waals surface area contributed by atoms with Gasteiger partial charge in [-0.25, -0.2) is 0 Å². The molecule has 3 nitrogen and oxygen atoms in total. The third-order valence-corrected chi connectivity index (χ3v) is 6.44. The molecule has 0 unspecified atom stereocenters. The first kappa shape index (κ1) is 14.7. The molecule has 0 aromatic heterocycles. The maximum absolute atomic E-state index is 12.2. The van der Waals surface area contributed by atoms with Crippen LogP contribution in [0, 0.1) is 17.3 Å². The van der Waals surface area contributed by atoms with Crippen molar-refractivity contribution in [3.8, 4) is 0 Å². The fourth-order valence-electron chi connectivity index (χ4n) is 3.83. The Morgan fingerprint density at radius 2 is 1.90 bits per heavy atom. The van der Waals surface area contributed by atoms with Crippen LogP contribution in [-0.2, 0) is 4.79 Å². The number of nitrogens with zero attached hydrogens (tertiary/aromatic N) is 2. The lowest BCUT2D eigenvalue weighted by atomic mass is 9.70. The van der Waals surface area contributed by atoms with Crippen LogP contribution >= 0.6 is 11.8 Å². The standard InChI is InChI=1S/C16H28N2OS/c1-13-10-14(13)15(19)18-8-6-17(7-9-18)11-16(12-20-2)4-3-5-16/h13-14H,3-12H2,1-2H3/t13-,14+/m1/s1. The fraction of sp³-hybridized carbons (Fsp3) is 0.938. The van der Waals surface area contributed by atoms with E-state index in [1.165, 1.54) is 31.6 Å². The van der Waals surface area contributed by atoms with Crippen LogP contribution in [-0.4, -0.2) is 60.4 Å². The summed E-state index contributed by atoms with van der Waals surface area (Å²) in [5, 5.41) is 0. The summed E-state index contributed by atoms with van der Waals surface area (Å²) in [5.74, 6) is 2.74. The lowest BCUT2D eigenvalue weighted by Crippen LogP contribution is -2.53. The number of piperazine rings is 1. The van der Waals surface area contributed by atoms with Gasteiger partial charge in [-0.15, -0.1) is 0 Å². The molecule has 0 bridgehead atoms. The van der Waals surface area contributed by atoms with Gasteiger partial charge in [0.2, 0.25) is 5.91 Å². The fourth-order valence-corrected chi connectivity index (χ4v) is 4.82. The molecular formula is C16H28N2OS. The van der Waals surface area contributed by atoms with Gasteiger partial charge in [-0.3, -0.25) is 9.69 Å². The molecule has 2 saturated carbocycles. The van der Waals surface area contributed by atoms with Gasteiger partial charge in [-0.1, -0.05) is 13.3 Å². The smallest absolute Gasteiger partial charge is 0.226 e. The molecule has 114 valence electrons. The van der Waals surface area contributed by atoms with Crippen molar-refractivity contribution < 1.29 is 4.79 Å². The Balaban J connectivity index is 1.45. The largest absolute Gasteiger partial charge is 0.340 e. The second kappa shape index (κ2) is 5.88. The van der Waals surface area contributed by atoms with Crippen LogP contribution in [0.15, 0.2) is 0 Å². The van der Waals surface area contributed by atoms with E-state index < -0.39 is 0 Å². The molecule has 0 aromatic carbocycles. The van der Waals surface area contributed by atoms with Crippen LogP contribution in [0.3, 0.4) is 0 Å². The van der Waals surface area contributed by atoms with Gasteiger partial charge in [0.15, 0.2) is 0 Å². The van der Waals surface area contributed by atoms with E-state index in [0.717, 1.165) is 32.6 Å². The Bertz CT molecular complexity index is 361. The Morgan fingerprint density at radius 1 is 1.25 bits per heavy atom. The number of carbonyl (C=O) groups excluding carboxylic acids is 1. The molecule has 1 amide bonds. The molecule has 1 saturated heterocycles. The average Bonchev–Trinajstić information content (AvgIpc) is 3.13. The first-order chi connectivity index (χ1) is 9.63. The van der Waals surface area contributed by atoms with Crippen molar-refractivity contribution >= 4 is 17.7 Å². The van der Waals surface area contributed by atoms with E-state index in [0.29, 0.717) is 23.2 Å². The van der Waals surface area contributed by atoms with E-state index in [1.54, 1.807) is 0 Å². The molecule has 2 atom stereocenters. The van der Waals surface area contributed by atoms with Crippen LogP contribution in [0.1, 0.15) is 32.6 Å². The monoisotopic (exact) mass is 296 g/mol. The highest BCUT2D eigenvalue weighted by Crippen LogP contribution is 2.44. The van der Waals surface area contributed by atoms with E-state index in [-0.39, 0.29) is 0 Å². The SMILES string of the molecule is CSCC1(CN2CCN(C(=O)[C@H]3C[C@H]3C)CC2)CCC1. The van der Waals surface area contributed by atoms with E-state index in [2.05, 4.69) is 23.0 Å². The first-order valence-electron chi connectivity index (χ1n) is 8.14. The zero-order valence-electron chi connectivity index (χ0n) is 12.9. The lowest BCUT2D eigenvalue weighted by molar-refractivity contribution is -0.134. The second-order valence-corrected chi connectivity index (χ2v) is 8.07. The number of thioether (sulfide) groups is 1. The van der Waals surface area contributed by atoms with Gasteiger partial charge >= 0.3 is 0 Å². The molecule has 3 rings (SSSR count). The molecule has 0 spiro atoms. The Labute approximate surface area is 127 Å². The third-order valence-electron chi connectivity index (χ3n) is 5.53. The minimum Gasteiger partial charge on any atom is -0.340 e. The second-order valence-electron chi connectivity index (χ2n) is 7.21. The number of amides is 1. The molecule has 1 aliphatic heterocycles. The first-order valence-corrected chi connectivity index (χ1v) is 9.53. The maximum Gasteiger partial charge on any atom is 0.226 e. The molecule has 20 heavy (non-hydrogen) atoms. The van der Waals surface area contributed by atoms with Crippen LogP contribution in [0.25, 0.3) is 0 Å². The van der Waals surface area contributed by atoms with Gasteiger partial charge < -0.3 is 4.90 Å². The molecule has 3 aliphatic rings. The van der Waals surface area contributed by atoms with E-state index in [4.69, 9.17) is 0 Å². The Kier molecular flexibility index (Phi) is 4.32. The molecular weight excluding hydrogens is 268 g/mol. The summed E-state index contributed by atoms with van der Waals surface area (Å²) in [4.78, 5) is 17.0. The topological polar surface area (TPSA) is 23.6 Å². The van der Waals surface area contributed by atoms with Crippen molar-refractivity contribution in [2.75, 3.05) is 44.7 Å². The van der Waals surface area contributed by atoms with Crippen molar-refractivity contribution in [3.63, 3.8) is 0 Å². The maximum atomic E-state index is 12.2. The van der Waals surface area contributed by atoms with Gasteiger partial charge in [-0.2, -0.15) is 11.8 Å². The zero-order valence-corrected chi connectivity index (χ0v) is 13.8. The minimum absolute atomic E-state index is 0.357. The van der Waals surface area contributed by atoms with Gasteiger partial charge in [0.05, 0.1) is 0 Å². The lowest BCUT2D eigenvalue weighted by Gasteiger charge is -2.47. The Hall–Kier alpha value is -0.220. The highest BCUT2D eigenvalue weighted by Gasteiger charge is 2.43. The van der Waals surface area contributed by atoms with Crippen molar-refractivity contribution in [1.29, 1.82) is 0 Å². The van der Waals surface area contributed by atoms with Crippen LogP contribution in [0.2, 0.25) is 0 Å². The molecule has 0 N–H and O–H groups in total. The zero-order chi connectivity index (χ0) is 14.2. The number of carbonyl (C=O) groups is 1. The van der Waals surface area contributed by atoms with Crippen molar-refractivity contribution in [1.82, 2.24) is 9.80 Å². The summed E-state index contributed by atoms with van der Waals surface area (Å²) in [6.07, 6.45) is 7.58. The minimum atomic E-state index is 0.357. The predicted octanol–water partition coefficient (Wildman–Crippen LogP) is 2.32. The summed E-state index contributed by atoms with van der Waals surface area (Å²) < 4.78 is 0. The van der Waals surface area contributed by atoms with Crippen LogP contribution < -0.4 is 0 Å². The third kappa shape index (κ3) is 3.01. The highest BCUT2D eigenvalue weighted by atomic mass is 32.2. The summed E-state index contributed by atoms with van der Waals surface area (Å²) in [6, 6.07) is 0. The van der Waals surface area contributed by atoms with Crippen molar-refractivity contribution in [2.24, 2.45) is 17.3 Å². The number of hydrogen-bond donors (Lipinski definition) is 0. The number of hydrogen-bond acceptors (Lipinski definition) is 3. The molecule has 0 radical (unpaired) electrons. The highest BCUT2D eigenvalue weighted by molar-refractivity contribution is 7.98. The van der Waals surface area contributed by atoms with E-state index in [9.17, 15) is 4.79 Å². The van der Waals surface area contributed by atoms with Crippen LogP contribution in [0.4, 0.5) is 0 Å². The molecule has 1 heterocycles. The summed E-state index contributed by atoms with van der Waals surface area (Å²) in [6.45, 7) is 7.54. The van der Waals surface area contributed by atoms with E-state index >= 15 is 0 Å². The van der Waals surface area contributed by atoms with Gasteiger partial charge in [-0.05, 0) is 42.6 Å². The van der Waals surface area contributed by atoms with Gasteiger partial charge in [0.1, 0.15) is 0 Å². The molecule has 0 aromatic rings. The number of rotatable bonds is 5. The van der Waals surface area contributed by atoms with Crippen molar-refractivity contribution in [3.05, 3.63) is 0 Å². The van der Waals surface area contributed by atoms with Gasteiger partial charge in [0, 0.05) is 38.6 Å².